The number of nitrogens with zero attached hydrogens (tertiary/aromatic N) is 1. The number of anilines is 2. The lowest BCUT2D eigenvalue weighted by Gasteiger charge is -2.26. The second kappa shape index (κ2) is 12.2. The van der Waals surface area contributed by atoms with E-state index >= 15 is 0 Å². The Hall–Kier alpha value is -4.03. The van der Waals surface area contributed by atoms with Gasteiger partial charge in [-0.15, -0.1) is 0 Å². The Morgan fingerprint density at radius 1 is 1.03 bits per heavy atom. The molecule has 1 heterocycles. The standard InChI is InChI=1S/C27H20Br2FN3O6/c1-2-38-22-13-15(12-21(29)24(22)39-14-23(34)31-18-7-5-17(30)6-8-18)11-20-25(35)32-27(37)33(26(20)36)19-9-3-16(28)4-10-19/h3-13H,2,14H2,1H3,(H,31,34)(H,32,35,37)/b20-11+. The third kappa shape index (κ3) is 6.70. The van der Waals surface area contributed by atoms with Crippen molar-refractivity contribution in [2.45, 2.75) is 6.92 Å². The van der Waals surface area contributed by atoms with Gasteiger partial charge in [-0.3, -0.25) is 19.7 Å². The first-order valence-electron chi connectivity index (χ1n) is 11.5. The van der Waals surface area contributed by atoms with Crippen LogP contribution in [0.5, 0.6) is 11.5 Å². The maximum Gasteiger partial charge on any atom is 0.335 e. The molecule has 0 atom stereocenters. The molecule has 5 amide bonds. The number of halogens is 3. The maximum atomic E-state index is 13.2. The average Bonchev–Trinajstić information content (AvgIpc) is 2.88. The van der Waals surface area contributed by atoms with Crippen molar-refractivity contribution in [2.24, 2.45) is 0 Å². The van der Waals surface area contributed by atoms with Gasteiger partial charge in [-0.1, -0.05) is 15.9 Å². The molecule has 0 spiro atoms. The van der Waals surface area contributed by atoms with Crippen LogP contribution in [0.15, 0.2) is 75.2 Å². The van der Waals surface area contributed by atoms with Crippen LogP contribution in [0.4, 0.5) is 20.6 Å². The fourth-order valence-corrected chi connectivity index (χ4v) is 4.43. The van der Waals surface area contributed by atoms with Crippen LogP contribution in [-0.4, -0.2) is 37.0 Å². The first-order valence-corrected chi connectivity index (χ1v) is 13.1. The third-order valence-electron chi connectivity index (χ3n) is 5.30. The molecule has 1 saturated heterocycles. The summed E-state index contributed by atoms with van der Waals surface area (Å²) in [6, 6.07) is 14.0. The van der Waals surface area contributed by atoms with Gasteiger partial charge in [0.05, 0.1) is 16.8 Å². The van der Waals surface area contributed by atoms with Gasteiger partial charge >= 0.3 is 6.03 Å². The molecule has 4 rings (SSSR count). The lowest BCUT2D eigenvalue weighted by Crippen LogP contribution is -2.54. The Kier molecular flexibility index (Phi) is 8.77. The van der Waals surface area contributed by atoms with E-state index in [4.69, 9.17) is 9.47 Å². The number of urea groups is 1. The molecule has 39 heavy (non-hydrogen) atoms. The van der Waals surface area contributed by atoms with Crippen LogP contribution in [-0.2, 0) is 14.4 Å². The number of barbiturate groups is 1. The van der Waals surface area contributed by atoms with Crippen LogP contribution in [0.3, 0.4) is 0 Å². The highest BCUT2D eigenvalue weighted by atomic mass is 79.9. The van der Waals surface area contributed by atoms with Crippen molar-refractivity contribution in [3.63, 3.8) is 0 Å². The molecule has 3 aromatic carbocycles. The Morgan fingerprint density at radius 2 is 1.72 bits per heavy atom. The summed E-state index contributed by atoms with van der Waals surface area (Å²) in [6.07, 6.45) is 1.33. The molecule has 12 heteroatoms. The fourth-order valence-electron chi connectivity index (χ4n) is 3.59. The number of rotatable bonds is 8. The van der Waals surface area contributed by atoms with E-state index in [9.17, 15) is 23.6 Å². The Bertz CT molecular complexity index is 1480. The molecule has 1 aliphatic rings. The van der Waals surface area contributed by atoms with Gasteiger partial charge in [-0.2, -0.15) is 0 Å². The van der Waals surface area contributed by atoms with Crippen molar-refractivity contribution in [1.29, 1.82) is 0 Å². The van der Waals surface area contributed by atoms with E-state index in [-0.39, 0.29) is 36.0 Å². The lowest BCUT2D eigenvalue weighted by atomic mass is 10.1. The van der Waals surface area contributed by atoms with E-state index in [2.05, 4.69) is 42.5 Å². The fraction of sp³-hybridized carbons (Fsp3) is 0.111. The number of hydrogen-bond acceptors (Lipinski definition) is 6. The van der Waals surface area contributed by atoms with E-state index in [0.29, 0.717) is 15.7 Å². The summed E-state index contributed by atoms with van der Waals surface area (Å²) < 4.78 is 25.6. The van der Waals surface area contributed by atoms with E-state index in [1.165, 1.54) is 36.4 Å². The van der Waals surface area contributed by atoms with Crippen molar-refractivity contribution in [2.75, 3.05) is 23.4 Å². The van der Waals surface area contributed by atoms with Crippen molar-refractivity contribution in [3.05, 3.63) is 86.6 Å². The number of imide groups is 2. The quantitative estimate of drug-likeness (QED) is 0.246. The molecule has 2 N–H and O–H groups in total. The molecule has 9 nitrogen and oxygen atoms in total. The van der Waals surface area contributed by atoms with Crippen molar-refractivity contribution in [1.82, 2.24) is 5.32 Å². The molecular weight excluding hydrogens is 641 g/mol. The largest absolute Gasteiger partial charge is 0.490 e. The smallest absolute Gasteiger partial charge is 0.335 e. The van der Waals surface area contributed by atoms with Gasteiger partial charge in [0, 0.05) is 10.2 Å². The van der Waals surface area contributed by atoms with E-state index in [0.717, 1.165) is 9.37 Å². The van der Waals surface area contributed by atoms with Crippen molar-refractivity contribution < 1.29 is 33.0 Å². The van der Waals surface area contributed by atoms with Gasteiger partial charge < -0.3 is 14.8 Å². The molecule has 0 bridgehead atoms. The minimum absolute atomic E-state index is 0.222. The number of hydrogen-bond donors (Lipinski definition) is 2. The number of ether oxygens (including phenoxy) is 2. The molecule has 0 aliphatic carbocycles. The first-order chi connectivity index (χ1) is 18.7. The third-order valence-corrected chi connectivity index (χ3v) is 6.42. The first kappa shape index (κ1) is 28.0. The predicted octanol–water partition coefficient (Wildman–Crippen LogP) is 5.43. The monoisotopic (exact) mass is 659 g/mol. The molecule has 200 valence electrons. The second-order valence-electron chi connectivity index (χ2n) is 8.04. The number of amides is 5. The Balaban J connectivity index is 1.57. The predicted molar refractivity (Wildman–Crippen MR) is 149 cm³/mol. The summed E-state index contributed by atoms with van der Waals surface area (Å²) in [7, 11) is 0. The number of carbonyl (C=O) groups excluding carboxylic acids is 4. The lowest BCUT2D eigenvalue weighted by molar-refractivity contribution is -0.122. The van der Waals surface area contributed by atoms with Gasteiger partial charge in [0.25, 0.3) is 17.7 Å². The van der Waals surface area contributed by atoms with Crippen LogP contribution in [0.1, 0.15) is 12.5 Å². The maximum absolute atomic E-state index is 13.2. The van der Waals surface area contributed by atoms with Crippen LogP contribution < -0.4 is 25.0 Å². The zero-order valence-corrected chi connectivity index (χ0v) is 23.5. The molecule has 1 aliphatic heterocycles. The highest BCUT2D eigenvalue weighted by Gasteiger charge is 2.36. The summed E-state index contributed by atoms with van der Waals surface area (Å²) in [4.78, 5) is 51.4. The normalized spacial score (nSPS) is 14.3. The van der Waals surface area contributed by atoms with Crippen LogP contribution in [0.25, 0.3) is 6.08 Å². The SMILES string of the molecule is CCOc1cc(/C=C2\C(=O)NC(=O)N(c3ccc(Br)cc3)C2=O)cc(Br)c1OCC(=O)Nc1ccc(F)cc1. The van der Waals surface area contributed by atoms with E-state index in [1.54, 1.807) is 37.3 Å². The molecule has 3 aromatic rings. The molecular formula is C27H20Br2FN3O6. The summed E-state index contributed by atoms with van der Waals surface area (Å²) in [6.45, 7) is 1.64. The number of benzene rings is 3. The van der Waals surface area contributed by atoms with Crippen LogP contribution >= 0.6 is 31.9 Å². The van der Waals surface area contributed by atoms with Crippen molar-refractivity contribution >= 4 is 73.1 Å². The van der Waals surface area contributed by atoms with Crippen molar-refractivity contribution in [3.8, 4) is 11.5 Å². The molecule has 1 fully saturated rings. The summed E-state index contributed by atoms with van der Waals surface area (Å²) in [5, 5.41) is 4.78. The summed E-state index contributed by atoms with van der Waals surface area (Å²) in [5.74, 6) is -2.07. The summed E-state index contributed by atoms with van der Waals surface area (Å²) in [5.41, 5.74) is 0.830. The zero-order chi connectivity index (χ0) is 28.1. The zero-order valence-electron chi connectivity index (χ0n) is 20.3. The molecule has 0 aromatic heterocycles. The Morgan fingerprint density at radius 3 is 2.38 bits per heavy atom. The molecule has 0 saturated carbocycles. The molecule has 0 unspecified atom stereocenters. The minimum atomic E-state index is -0.858. The number of carbonyl (C=O) groups is 4. The van der Waals surface area contributed by atoms with Gasteiger partial charge in [-0.05, 0) is 95.2 Å². The average molecular weight is 661 g/mol. The molecule has 0 radical (unpaired) electrons. The minimum Gasteiger partial charge on any atom is -0.490 e. The highest BCUT2D eigenvalue weighted by molar-refractivity contribution is 9.10. The van der Waals surface area contributed by atoms with E-state index < -0.39 is 29.6 Å². The summed E-state index contributed by atoms with van der Waals surface area (Å²) >= 11 is 6.69. The second-order valence-corrected chi connectivity index (χ2v) is 9.81. The van der Waals surface area contributed by atoms with Crippen LogP contribution in [0.2, 0.25) is 0 Å². The van der Waals surface area contributed by atoms with Gasteiger partial charge in [0.1, 0.15) is 11.4 Å². The van der Waals surface area contributed by atoms with Gasteiger partial charge in [0.15, 0.2) is 18.1 Å². The topological polar surface area (TPSA) is 114 Å². The van der Waals surface area contributed by atoms with Gasteiger partial charge in [0.2, 0.25) is 0 Å². The Labute approximate surface area is 239 Å². The number of nitrogens with one attached hydrogen (secondary N) is 2. The van der Waals surface area contributed by atoms with Gasteiger partial charge in [-0.25, -0.2) is 14.1 Å². The highest BCUT2D eigenvalue weighted by Crippen LogP contribution is 2.38. The van der Waals surface area contributed by atoms with Crippen LogP contribution in [0, 0.1) is 5.82 Å². The van der Waals surface area contributed by atoms with E-state index in [1.807, 2.05) is 0 Å².